The highest BCUT2D eigenvalue weighted by atomic mass is 14.9. The van der Waals surface area contributed by atoms with Crippen LogP contribution < -0.4 is 0 Å². The number of hydrogen-bond donors (Lipinski definition) is 0. The summed E-state index contributed by atoms with van der Waals surface area (Å²) >= 11 is 0. The molecule has 0 spiro atoms. The molecule has 0 fully saturated rings. The van der Waals surface area contributed by atoms with Gasteiger partial charge < -0.3 is 4.40 Å². The van der Waals surface area contributed by atoms with Gasteiger partial charge in [-0.05, 0) is 36.6 Å². The Morgan fingerprint density at radius 2 is 1.89 bits per heavy atom. The number of fused-ring (bicyclic) bond motifs is 3. The third-order valence-corrected chi connectivity index (χ3v) is 4.34. The van der Waals surface area contributed by atoms with Crippen LogP contribution in [0.1, 0.15) is 11.3 Å². The number of nitrogens with zero attached hydrogens (tertiary/aromatic N) is 2. The molecule has 4 aromatic rings. The molecule has 19 heavy (non-hydrogen) atoms. The number of pyridine rings is 2. The van der Waals surface area contributed by atoms with E-state index in [9.17, 15) is 0 Å². The molecule has 0 N–H and O–H groups in total. The Kier molecular flexibility index (Phi) is 1.59. The summed E-state index contributed by atoms with van der Waals surface area (Å²) in [4.78, 5) is 4.32. The molecular weight excluding hydrogens is 232 g/mol. The van der Waals surface area contributed by atoms with E-state index in [0.29, 0.717) is 0 Å². The summed E-state index contributed by atoms with van der Waals surface area (Å²) in [6, 6.07) is 13.3. The maximum absolute atomic E-state index is 4.32. The van der Waals surface area contributed by atoms with E-state index in [2.05, 4.69) is 45.8 Å². The van der Waals surface area contributed by atoms with E-state index >= 15 is 0 Å². The molecule has 1 aliphatic rings. The smallest absolute Gasteiger partial charge is 0.0569 e. The molecular formula is C17H12N2. The van der Waals surface area contributed by atoms with Gasteiger partial charge in [0, 0.05) is 34.2 Å². The largest absolute Gasteiger partial charge is 0.313 e. The lowest BCUT2D eigenvalue weighted by Gasteiger charge is -2.18. The second-order valence-electron chi connectivity index (χ2n) is 5.28. The van der Waals surface area contributed by atoms with Crippen LogP contribution in [0.15, 0.2) is 48.8 Å². The fourth-order valence-corrected chi connectivity index (χ4v) is 3.52. The Bertz CT molecular complexity index is 963. The van der Waals surface area contributed by atoms with Crippen LogP contribution in [0.25, 0.3) is 27.2 Å². The third-order valence-electron chi connectivity index (χ3n) is 4.34. The Hall–Kier alpha value is -2.35. The first-order valence-corrected chi connectivity index (χ1v) is 6.71. The van der Waals surface area contributed by atoms with Crippen LogP contribution in [-0.4, -0.2) is 9.38 Å². The summed E-state index contributed by atoms with van der Waals surface area (Å²) in [5.74, 6) is 0. The highest BCUT2D eigenvalue weighted by Crippen LogP contribution is 2.35. The van der Waals surface area contributed by atoms with Crippen molar-refractivity contribution < 1.29 is 0 Å². The first-order valence-electron chi connectivity index (χ1n) is 6.71. The monoisotopic (exact) mass is 244 g/mol. The third kappa shape index (κ3) is 1.05. The van der Waals surface area contributed by atoms with Crippen LogP contribution in [-0.2, 0) is 12.8 Å². The second kappa shape index (κ2) is 3.15. The van der Waals surface area contributed by atoms with Crippen molar-refractivity contribution in [1.82, 2.24) is 9.38 Å². The molecule has 0 unspecified atom stereocenters. The van der Waals surface area contributed by atoms with E-state index in [1.807, 2.05) is 12.4 Å². The lowest BCUT2D eigenvalue weighted by atomic mass is 9.98. The van der Waals surface area contributed by atoms with Gasteiger partial charge in [-0.3, -0.25) is 4.98 Å². The van der Waals surface area contributed by atoms with Gasteiger partial charge in [0.1, 0.15) is 0 Å². The number of rotatable bonds is 0. The van der Waals surface area contributed by atoms with Gasteiger partial charge in [-0.1, -0.05) is 18.2 Å². The van der Waals surface area contributed by atoms with Crippen molar-refractivity contribution in [2.75, 3.05) is 0 Å². The van der Waals surface area contributed by atoms with Crippen LogP contribution in [0.4, 0.5) is 0 Å². The second-order valence-corrected chi connectivity index (χ2v) is 5.28. The molecule has 0 atom stereocenters. The molecule has 5 rings (SSSR count). The maximum atomic E-state index is 4.32. The lowest BCUT2D eigenvalue weighted by molar-refractivity contribution is 0.877. The molecule has 0 aliphatic carbocycles. The van der Waals surface area contributed by atoms with Gasteiger partial charge in [0.2, 0.25) is 0 Å². The lowest BCUT2D eigenvalue weighted by Crippen LogP contribution is -2.06. The molecule has 0 amide bonds. The van der Waals surface area contributed by atoms with Gasteiger partial charge in [0.05, 0.1) is 11.0 Å². The van der Waals surface area contributed by atoms with Crippen molar-refractivity contribution in [3.8, 4) is 0 Å². The average molecular weight is 244 g/mol. The van der Waals surface area contributed by atoms with Crippen molar-refractivity contribution >= 4 is 27.2 Å². The van der Waals surface area contributed by atoms with Crippen molar-refractivity contribution in [1.29, 1.82) is 0 Å². The highest BCUT2D eigenvalue weighted by molar-refractivity contribution is 6.13. The SMILES string of the molecule is c1cc2c3c(c1)c1cnccc1c1ccc(n13)CC2. The van der Waals surface area contributed by atoms with Crippen LogP contribution in [0.2, 0.25) is 0 Å². The maximum Gasteiger partial charge on any atom is 0.0569 e. The number of benzene rings is 1. The van der Waals surface area contributed by atoms with Crippen LogP contribution in [0.3, 0.4) is 0 Å². The Balaban J connectivity index is 2.27. The Labute approximate surface area is 110 Å². The molecule has 0 radical (unpaired) electrons. The minimum absolute atomic E-state index is 1.14. The molecule has 1 aliphatic heterocycles. The van der Waals surface area contributed by atoms with Gasteiger partial charge in [-0.2, -0.15) is 0 Å². The predicted octanol–water partition coefficient (Wildman–Crippen LogP) is 3.74. The van der Waals surface area contributed by atoms with E-state index in [1.54, 1.807) is 0 Å². The van der Waals surface area contributed by atoms with Gasteiger partial charge in [-0.25, -0.2) is 0 Å². The fourth-order valence-electron chi connectivity index (χ4n) is 3.52. The summed E-state index contributed by atoms with van der Waals surface area (Å²) in [5, 5.41) is 3.89. The quantitative estimate of drug-likeness (QED) is 0.431. The van der Waals surface area contributed by atoms with Gasteiger partial charge >= 0.3 is 0 Å². The number of aromatic nitrogens is 2. The van der Waals surface area contributed by atoms with Crippen LogP contribution in [0, 0.1) is 0 Å². The molecule has 0 saturated carbocycles. The molecule has 4 heterocycles. The van der Waals surface area contributed by atoms with Crippen LogP contribution in [0.5, 0.6) is 0 Å². The fraction of sp³-hybridized carbons (Fsp3) is 0.118. The van der Waals surface area contributed by atoms with Crippen molar-refractivity contribution in [2.45, 2.75) is 12.8 Å². The Morgan fingerprint density at radius 3 is 2.89 bits per heavy atom. The topological polar surface area (TPSA) is 17.3 Å². The first-order chi connectivity index (χ1) is 9.43. The number of hydrogen-bond acceptors (Lipinski definition) is 1. The zero-order valence-corrected chi connectivity index (χ0v) is 10.4. The zero-order chi connectivity index (χ0) is 12.4. The molecule has 1 aromatic carbocycles. The van der Waals surface area contributed by atoms with Gasteiger partial charge in [0.25, 0.3) is 0 Å². The summed E-state index contributed by atoms with van der Waals surface area (Å²) < 4.78 is 2.44. The minimum atomic E-state index is 1.14. The minimum Gasteiger partial charge on any atom is -0.313 e. The summed E-state index contributed by atoms with van der Waals surface area (Å²) in [6.07, 6.45) is 6.16. The normalized spacial score (nSPS) is 13.9. The number of aryl methyl sites for hydroxylation is 2. The molecule has 2 nitrogen and oxygen atoms in total. The highest BCUT2D eigenvalue weighted by Gasteiger charge is 2.17. The van der Waals surface area contributed by atoms with E-state index in [0.717, 1.165) is 12.8 Å². The summed E-state index contributed by atoms with van der Waals surface area (Å²) in [5.41, 5.74) is 5.57. The van der Waals surface area contributed by atoms with Crippen molar-refractivity contribution in [2.24, 2.45) is 0 Å². The van der Waals surface area contributed by atoms with E-state index in [1.165, 1.54) is 38.4 Å². The molecule has 0 saturated heterocycles. The Morgan fingerprint density at radius 1 is 0.895 bits per heavy atom. The molecule has 2 heteroatoms. The number of para-hydroxylation sites is 1. The summed E-state index contributed by atoms with van der Waals surface area (Å²) in [7, 11) is 0. The van der Waals surface area contributed by atoms with E-state index < -0.39 is 0 Å². The predicted molar refractivity (Wildman–Crippen MR) is 77.6 cm³/mol. The molecule has 0 bridgehead atoms. The zero-order valence-electron chi connectivity index (χ0n) is 10.4. The first kappa shape index (κ1) is 9.56. The summed E-state index contributed by atoms with van der Waals surface area (Å²) in [6.45, 7) is 0. The van der Waals surface area contributed by atoms with Gasteiger partial charge in [-0.15, -0.1) is 0 Å². The van der Waals surface area contributed by atoms with Crippen molar-refractivity contribution in [3.05, 3.63) is 60.0 Å². The van der Waals surface area contributed by atoms with E-state index in [-0.39, 0.29) is 0 Å². The molecule has 90 valence electrons. The van der Waals surface area contributed by atoms with E-state index in [4.69, 9.17) is 0 Å². The van der Waals surface area contributed by atoms with Crippen LogP contribution >= 0.6 is 0 Å². The standard InChI is InChI=1S/C17H12N2/c1-2-11-4-5-12-6-7-16-13-8-9-18-10-15(13)14(3-1)17(11)19(12)16/h1-3,6-10H,4-5H2. The average Bonchev–Trinajstić information content (AvgIpc) is 2.91. The van der Waals surface area contributed by atoms with Crippen molar-refractivity contribution in [3.63, 3.8) is 0 Å². The van der Waals surface area contributed by atoms with Gasteiger partial charge in [0.15, 0.2) is 0 Å². The molecule has 3 aromatic heterocycles.